The van der Waals surface area contributed by atoms with Gasteiger partial charge in [-0.25, -0.2) is 0 Å². The number of rotatable bonds is 2. The van der Waals surface area contributed by atoms with Crippen molar-refractivity contribution in [2.45, 2.75) is 32.2 Å². The first-order valence-electron chi connectivity index (χ1n) is 6.00. The second-order valence-corrected chi connectivity index (χ2v) is 4.49. The fourth-order valence-electron chi connectivity index (χ4n) is 2.88. The third-order valence-electron chi connectivity index (χ3n) is 3.33. The van der Waals surface area contributed by atoms with Gasteiger partial charge in [0.1, 0.15) is 0 Å². The van der Waals surface area contributed by atoms with Gasteiger partial charge in [0.2, 0.25) is 0 Å². The van der Waals surface area contributed by atoms with Crippen molar-refractivity contribution in [2.24, 2.45) is 5.92 Å². The van der Waals surface area contributed by atoms with E-state index in [0.717, 1.165) is 32.5 Å². The van der Waals surface area contributed by atoms with Crippen molar-refractivity contribution in [3.63, 3.8) is 0 Å². The van der Waals surface area contributed by atoms with E-state index in [0.29, 0.717) is 0 Å². The maximum atomic E-state index is 8.93. The number of hydrogen-bond donors (Lipinski definition) is 0. The van der Waals surface area contributed by atoms with Crippen molar-refractivity contribution >= 4 is 0 Å². The van der Waals surface area contributed by atoms with Crippen molar-refractivity contribution in [1.29, 1.82) is 5.26 Å². The molecule has 0 aromatic rings. The summed E-state index contributed by atoms with van der Waals surface area (Å²) in [6.07, 6.45) is 1.94. The van der Waals surface area contributed by atoms with Gasteiger partial charge in [-0.1, -0.05) is 26.0 Å². The summed E-state index contributed by atoms with van der Waals surface area (Å²) in [5.41, 5.74) is 1.37. The number of methoxy groups -OCH3 is 1. The molecule has 2 saturated heterocycles. The first kappa shape index (κ1) is 13.2. The van der Waals surface area contributed by atoms with Crippen LogP contribution in [0.25, 0.3) is 0 Å². The molecule has 0 aliphatic carbocycles. The first-order valence-corrected chi connectivity index (χ1v) is 6.00. The van der Waals surface area contributed by atoms with E-state index >= 15 is 0 Å². The molecule has 2 rings (SSSR count). The van der Waals surface area contributed by atoms with Gasteiger partial charge in [0.15, 0.2) is 0 Å². The summed E-state index contributed by atoms with van der Waals surface area (Å²) >= 11 is 0. The Kier molecular flexibility index (Phi) is 4.52. The molecule has 0 amide bonds. The normalized spacial score (nSPS) is 32.9. The number of ether oxygens (including phenoxy) is 1. The Morgan fingerprint density at radius 3 is 2.88 bits per heavy atom. The van der Waals surface area contributed by atoms with Crippen LogP contribution in [0.15, 0.2) is 12.2 Å². The fourth-order valence-corrected chi connectivity index (χ4v) is 2.88. The summed E-state index contributed by atoms with van der Waals surface area (Å²) in [7, 11) is 1.73. The fraction of sp³-hybridized carbons (Fsp3) is 0.769. The van der Waals surface area contributed by atoms with Gasteiger partial charge in [-0.05, 0) is 12.8 Å². The van der Waals surface area contributed by atoms with Crippen molar-refractivity contribution in [1.82, 2.24) is 4.90 Å². The van der Waals surface area contributed by atoms with Crippen LogP contribution in [0, 0.1) is 17.2 Å². The van der Waals surface area contributed by atoms with E-state index in [1.165, 1.54) is 5.57 Å². The summed E-state index contributed by atoms with van der Waals surface area (Å²) in [6, 6.07) is 2.36. The van der Waals surface area contributed by atoms with Gasteiger partial charge in [-0.2, -0.15) is 5.26 Å². The molecule has 0 N–H and O–H groups in total. The van der Waals surface area contributed by atoms with Crippen LogP contribution >= 0.6 is 0 Å². The Morgan fingerprint density at radius 1 is 1.62 bits per heavy atom. The van der Waals surface area contributed by atoms with E-state index < -0.39 is 0 Å². The average Bonchev–Trinajstić information content (AvgIpc) is 2.73. The van der Waals surface area contributed by atoms with Crippen LogP contribution in [0.2, 0.25) is 0 Å². The summed E-state index contributed by atoms with van der Waals surface area (Å²) < 4.78 is 5.28. The topological polar surface area (TPSA) is 36.3 Å². The molecule has 0 bridgehead atoms. The largest absolute Gasteiger partial charge is 0.383 e. The van der Waals surface area contributed by atoms with E-state index in [4.69, 9.17) is 10.00 Å². The molecule has 0 saturated carbocycles. The first-order chi connectivity index (χ1) is 7.70. The zero-order valence-electron chi connectivity index (χ0n) is 10.6. The molecule has 0 aromatic heterocycles. The van der Waals surface area contributed by atoms with Gasteiger partial charge in [-0.3, -0.25) is 4.90 Å². The number of nitrogens with zero attached hydrogens (tertiary/aromatic N) is 2. The molecule has 16 heavy (non-hydrogen) atoms. The van der Waals surface area contributed by atoms with Crippen LogP contribution in [0.5, 0.6) is 0 Å². The lowest BCUT2D eigenvalue weighted by atomic mass is 9.90. The second kappa shape index (κ2) is 5.47. The van der Waals surface area contributed by atoms with Crippen LogP contribution in [0.4, 0.5) is 0 Å². The SMILES string of the molecule is C=C1CN2CC(C#N)CC2(COC)C1.CC. The standard InChI is InChI=1S/C11H16N2O.C2H6/c1-9-3-11(8-14-2)4-10(5-12)7-13(11)6-9;1-2/h10H,1,3-4,6-8H2,2H3;1-2H3. The minimum absolute atomic E-state index is 0.0895. The van der Waals surface area contributed by atoms with Crippen molar-refractivity contribution < 1.29 is 4.74 Å². The summed E-state index contributed by atoms with van der Waals surface area (Å²) in [5.74, 6) is 0.179. The molecule has 3 nitrogen and oxygen atoms in total. The predicted molar refractivity (Wildman–Crippen MR) is 65.0 cm³/mol. The number of nitriles is 1. The van der Waals surface area contributed by atoms with Crippen LogP contribution in [0.3, 0.4) is 0 Å². The Bertz CT molecular complexity index is 295. The van der Waals surface area contributed by atoms with Gasteiger partial charge >= 0.3 is 0 Å². The Balaban J connectivity index is 0.000000606. The van der Waals surface area contributed by atoms with Crippen LogP contribution < -0.4 is 0 Å². The number of fused-ring (bicyclic) bond motifs is 1. The molecule has 3 heteroatoms. The van der Waals surface area contributed by atoms with Crippen LogP contribution in [0.1, 0.15) is 26.7 Å². The lowest BCUT2D eigenvalue weighted by Gasteiger charge is -2.30. The van der Waals surface area contributed by atoms with E-state index in [1.807, 2.05) is 13.8 Å². The molecule has 2 aliphatic rings. The Labute approximate surface area is 98.7 Å². The molecule has 2 aliphatic heterocycles. The van der Waals surface area contributed by atoms with Crippen molar-refractivity contribution in [3.05, 3.63) is 12.2 Å². The quantitative estimate of drug-likeness (QED) is 0.672. The molecular formula is C13H22N2O. The monoisotopic (exact) mass is 222 g/mol. The number of hydrogen-bond acceptors (Lipinski definition) is 3. The highest BCUT2D eigenvalue weighted by molar-refractivity contribution is 5.20. The highest BCUT2D eigenvalue weighted by Crippen LogP contribution is 2.42. The molecule has 2 unspecified atom stereocenters. The van der Waals surface area contributed by atoms with Gasteiger partial charge in [0.05, 0.1) is 18.6 Å². The van der Waals surface area contributed by atoms with Crippen molar-refractivity contribution in [3.8, 4) is 6.07 Å². The Morgan fingerprint density at radius 2 is 2.31 bits per heavy atom. The maximum absolute atomic E-state index is 8.93. The van der Waals surface area contributed by atoms with Gasteiger partial charge in [-0.15, -0.1) is 0 Å². The molecule has 0 spiro atoms. The highest BCUT2D eigenvalue weighted by Gasteiger charge is 2.49. The summed E-state index contributed by atoms with van der Waals surface area (Å²) in [6.45, 7) is 10.6. The third-order valence-corrected chi connectivity index (χ3v) is 3.33. The van der Waals surface area contributed by atoms with Gasteiger partial charge < -0.3 is 4.74 Å². The Hall–Kier alpha value is -0.850. The predicted octanol–water partition coefficient (Wildman–Crippen LogP) is 2.20. The molecule has 0 aromatic carbocycles. The molecule has 0 radical (unpaired) electrons. The summed E-state index contributed by atoms with van der Waals surface area (Å²) in [4.78, 5) is 2.37. The van der Waals surface area contributed by atoms with Crippen LogP contribution in [-0.2, 0) is 4.74 Å². The van der Waals surface area contributed by atoms with Gasteiger partial charge in [0.25, 0.3) is 0 Å². The smallest absolute Gasteiger partial charge is 0.0670 e. The van der Waals surface area contributed by atoms with Crippen molar-refractivity contribution in [2.75, 3.05) is 26.8 Å². The second-order valence-electron chi connectivity index (χ2n) is 4.49. The zero-order valence-corrected chi connectivity index (χ0v) is 10.6. The average molecular weight is 222 g/mol. The van der Waals surface area contributed by atoms with E-state index in [2.05, 4.69) is 17.5 Å². The van der Waals surface area contributed by atoms with E-state index in [-0.39, 0.29) is 11.5 Å². The van der Waals surface area contributed by atoms with E-state index in [9.17, 15) is 0 Å². The lowest BCUT2D eigenvalue weighted by molar-refractivity contribution is 0.0655. The maximum Gasteiger partial charge on any atom is 0.0670 e. The minimum atomic E-state index is 0.0895. The molecular weight excluding hydrogens is 200 g/mol. The van der Waals surface area contributed by atoms with Gasteiger partial charge in [0, 0.05) is 25.7 Å². The molecule has 2 heterocycles. The molecule has 2 fully saturated rings. The zero-order chi connectivity index (χ0) is 12.2. The van der Waals surface area contributed by atoms with Crippen LogP contribution in [-0.4, -0.2) is 37.2 Å². The third kappa shape index (κ3) is 2.28. The molecule has 90 valence electrons. The lowest BCUT2D eigenvalue weighted by Crippen LogP contribution is -2.42. The summed E-state index contributed by atoms with van der Waals surface area (Å²) in [5, 5.41) is 8.93. The molecule has 2 atom stereocenters. The highest BCUT2D eigenvalue weighted by atomic mass is 16.5. The minimum Gasteiger partial charge on any atom is -0.383 e. The van der Waals surface area contributed by atoms with E-state index in [1.54, 1.807) is 7.11 Å².